The molecule has 2 aromatic rings. The Morgan fingerprint density at radius 1 is 1.26 bits per heavy atom. The van der Waals surface area contributed by atoms with Crippen LogP contribution in [0.1, 0.15) is 37.0 Å². The Hall–Kier alpha value is -2.94. The van der Waals surface area contributed by atoms with E-state index < -0.39 is 18.0 Å². The first-order chi connectivity index (χ1) is 12.9. The number of ether oxygens (including phenoxy) is 2. The molecule has 0 radical (unpaired) electrons. The second kappa shape index (κ2) is 9.13. The molecule has 2 N–H and O–H groups in total. The van der Waals surface area contributed by atoms with Gasteiger partial charge in [-0.3, -0.25) is 4.79 Å². The molecule has 0 aliphatic carbocycles. The van der Waals surface area contributed by atoms with Gasteiger partial charge in [-0.25, -0.2) is 9.48 Å². The smallest absolute Gasteiger partial charge is 0.334 e. The molecule has 27 heavy (non-hydrogen) atoms. The Bertz CT molecular complexity index is 786. The summed E-state index contributed by atoms with van der Waals surface area (Å²) in [5, 5.41) is 19.5. The highest BCUT2D eigenvalue weighted by Gasteiger charge is 2.22. The predicted molar refractivity (Wildman–Crippen MR) is 97.3 cm³/mol. The van der Waals surface area contributed by atoms with Crippen LogP contribution < -0.4 is 10.1 Å². The van der Waals surface area contributed by atoms with Crippen LogP contribution in [0.15, 0.2) is 24.3 Å². The fourth-order valence-electron chi connectivity index (χ4n) is 2.48. The van der Waals surface area contributed by atoms with Crippen molar-refractivity contribution in [2.24, 2.45) is 0 Å². The van der Waals surface area contributed by atoms with Gasteiger partial charge in [0.25, 0.3) is 5.91 Å². The number of carboxylic acid groups (broad SMARTS) is 1. The number of carbonyl (C=O) groups is 2. The van der Waals surface area contributed by atoms with Crippen LogP contribution in [0.25, 0.3) is 5.69 Å². The molecule has 0 bridgehead atoms. The van der Waals surface area contributed by atoms with Gasteiger partial charge >= 0.3 is 5.97 Å². The summed E-state index contributed by atoms with van der Waals surface area (Å²) in [6, 6.07) is 7.32. The molecule has 1 unspecified atom stereocenters. The van der Waals surface area contributed by atoms with Crippen molar-refractivity contribution < 1.29 is 24.2 Å². The van der Waals surface area contributed by atoms with Crippen LogP contribution in [0, 0.1) is 0 Å². The number of methoxy groups -OCH3 is 1. The van der Waals surface area contributed by atoms with Crippen molar-refractivity contribution in [3.63, 3.8) is 0 Å². The van der Waals surface area contributed by atoms with Crippen LogP contribution >= 0.6 is 0 Å². The lowest BCUT2D eigenvalue weighted by molar-refractivity contribution is -0.148. The van der Waals surface area contributed by atoms with E-state index in [-0.39, 0.29) is 18.3 Å². The van der Waals surface area contributed by atoms with Gasteiger partial charge in [0.2, 0.25) is 0 Å². The minimum atomic E-state index is -1.15. The van der Waals surface area contributed by atoms with Gasteiger partial charge in [-0.15, -0.1) is 5.10 Å². The van der Waals surface area contributed by atoms with Gasteiger partial charge in [0.05, 0.1) is 24.0 Å². The van der Waals surface area contributed by atoms with Crippen molar-refractivity contribution in [2.45, 2.75) is 39.4 Å². The molecule has 1 aromatic carbocycles. The average Bonchev–Trinajstić information content (AvgIpc) is 3.06. The number of hydrogen-bond acceptors (Lipinski definition) is 6. The second-order valence-electron chi connectivity index (χ2n) is 6.08. The van der Waals surface area contributed by atoms with E-state index in [1.807, 2.05) is 45.0 Å². The highest BCUT2D eigenvalue weighted by atomic mass is 16.5. The third kappa shape index (κ3) is 5.04. The average molecular weight is 376 g/mol. The summed E-state index contributed by atoms with van der Waals surface area (Å²) in [5.41, 5.74) is 1.52. The topological polar surface area (TPSA) is 116 Å². The lowest BCUT2D eigenvalue weighted by Crippen LogP contribution is -2.38. The SMILES string of the molecule is CCc1c(C(=O)NCC(OC)C(=O)O)nnn1-c1ccc(OC(C)C)cc1. The molecule has 1 aromatic heterocycles. The van der Waals surface area contributed by atoms with E-state index in [2.05, 4.69) is 15.6 Å². The van der Waals surface area contributed by atoms with Crippen molar-refractivity contribution >= 4 is 11.9 Å². The molecular weight excluding hydrogens is 352 g/mol. The van der Waals surface area contributed by atoms with Crippen molar-refractivity contribution in [3.05, 3.63) is 35.7 Å². The molecule has 0 spiro atoms. The lowest BCUT2D eigenvalue weighted by atomic mass is 10.2. The van der Waals surface area contributed by atoms with Crippen molar-refractivity contribution in [2.75, 3.05) is 13.7 Å². The van der Waals surface area contributed by atoms with E-state index in [1.54, 1.807) is 4.68 Å². The molecule has 0 aliphatic rings. The first kappa shape index (κ1) is 20.4. The summed E-state index contributed by atoms with van der Waals surface area (Å²) >= 11 is 0. The fourth-order valence-corrected chi connectivity index (χ4v) is 2.48. The third-order valence-corrected chi connectivity index (χ3v) is 3.77. The molecule has 0 saturated heterocycles. The van der Waals surface area contributed by atoms with Crippen LogP contribution in [0.5, 0.6) is 5.75 Å². The van der Waals surface area contributed by atoms with Gasteiger partial charge in [0.1, 0.15) is 5.75 Å². The first-order valence-corrected chi connectivity index (χ1v) is 8.62. The van der Waals surface area contributed by atoms with Gasteiger partial charge < -0.3 is 19.9 Å². The monoisotopic (exact) mass is 376 g/mol. The molecule has 1 heterocycles. The van der Waals surface area contributed by atoms with Crippen LogP contribution in [0.3, 0.4) is 0 Å². The summed E-state index contributed by atoms with van der Waals surface area (Å²) in [6.45, 7) is 5.62. The maximum absolute atomic E-state index is 12.4. The van der Waals surface area contributed by atoms with E-state index >= 15 is 0 Å². The number of carbonyl (C=O) groups excluding carboxylic acids is 1. The van der Waals surface area contributed by atoms with E-state index in [0.717, 1.165) is 11.4 Å². The highest BCUT2D eigenvalue weighted by molar-refractivity contribution is 5.93. The number of aromatic nitrogens is 3. The highest BCUT2D eigenvalue weighted by Crippen LogP contribution is 2.19. The number of nitrogens with zero attached hydrogens (tertiary/aromatic N) is 3. The normalized spacial score (nSPS) is 12.0. The summed E-state index contributed by atoms with van der Waals surface area (Å²) in [7, 11) is 1.27. The van der Waals surface area contributed by atoms with Gasteiger partial charge in [0, 0.05) is 7.11 Å². The maximum Gasteiger partial charge on any atom is 0.334 e. The molecule has 9 heteroatoms. The van der Waals surface area contributed by atoms with E-state index in [1.165, 1.54) is 7.11 Å². The van der Waals surface area contributed by atoms with Gasteiger partial charge in [-0.05, 0) is 44.5 Å². The standard InChI is InChI=1S/C18H24N4O5/c1-5-14-16(17(23)19-10-15(26-4)18(24)25)20-21-22(14)12-6-8-13(9-7-12)27-11(2)3/h6-9,11,15H,5,10H2,1-4H3,(H,19,23)(H,24,25). The van der Waals surface area contributed by atoms with Crippen LogP contribution in [0.2, 0.25) is 0 Å². The summed E-state index contributed by atoms with van der Waals surface area (Å²) in [5.74, 6) is -0.911. The molecule has 0 aliphatic heterocycles. The molecule has 146 valence electrons. The Kier molecular flexibility index (Phi) is 6.89. The number of benzene rings is 1. The quantitative estimate of drug-likeness (QED) is 0.680. The zero-order chi connectivity index (χ0) is 20.0. The molecule has 0 saturated carbocycles. The van der Waals surface area contributed by atoms with Gasteiger partial charge in [-0.2, -0.15) is 0 Å². The van der Waals surface area contributed by atoms with Crippen LogP contribution in [-0.2, 0) is 16.0 Å². The van der Waals surface area contributed by atoms with Gasteiger partial charge in [0.15, 0.2) is 11.8 Å². The van der Waals surface area contributed by atoms with Crippen LogP contribution in [0.4, 0.5) is 0 Å². The largest absolute Gasteiger partial charge is 0.491 e. The molecule has 0 fully saturated rings. The zero-order valence-corrected chi connectivity index (χ0v) is 15.8. The number of nitrogens with one attached hydrogen (secondary N) is 1. The number of hydrogen-bond donors (Lipinski definition) is 2. The zero-order valence-electron chi connectivity index (χ0n) is 15.8. The third-order valence-electron chi connectivity index (χ3n) is 3.77. The number of aliphatic carboxylic acids is 1. The number of amides is 1. The van der Waals surface area contributed by atoms with E-state index in [4.69, 9.17) is 14.6 Å². The number of rotatable bonds is 9. The number of carboxylic acids is 1. The molecule has 9 nitrogen and oxygen atoms in total. The molecule has 1 atom stereocenters. The van der Waals surface area contributed by atoms with E-state index in [9.17, 15) is 9.59 Å². The van der Waals surface area contributed by atoms with Crippen molar-refractivity contribution in [1.29, 1.82) is 0 Å². The Morgan fingerprint density at radius 3 is 2.44 bits per heavy atom. The van der Waals surface area contributed by atoms with Gasteiger partial charge in [-0.1, -0.05) is 12.1 Å². The van der Waals surface area contributed by atoms with Crippen molar-refractivity contribution in [1.82, 2.24) is 20.3 Å². The maximum atomic E-state index is 12.4. The fraction of sp³-hybridized carbons (Fsp3) is 0.444. The summed E-state index contributed by atoms with van der Waals surface area (Å²) in [4.78, 5) is 23.4. The lowest BCUT2D eigenvalue weighted by Gasteiger charge is -2.12. The van der Waals surface area contributed by atoms with E-state index in [0.29, 0.717) is 12.1 Å². The predicted octanol–water partition coefficient (Wildman–Crippen LogP) is 1.45. The molecule has 2 rings (SSSR count). The Balaban J connectivity index is 2.18. The first-order valence-electron chi connectivity index (χ1n) is 8.62. The summed E-state index contributed by atoms with van der Waals surface area (Å²) in [6.07, 6.45) is -0.528. The Morgan fingerprint density at radius 2 is 1.93 bits per heavy atom. The summed E-state index contributed by atoms with van der Waals surface area (Å²) < 4.78 is 12.0. The van der Waals surface area contributed by atoms with Crippen molar-refractivity contribution in [3.8, 4) is 11.4 Å². The Labute approximate surface area is 157 Å². The molecule has 1 amide bonds. The van der Waals surface area contributed by atoms with Crippen LogP contribution in [-0.4, -0.2) is 57.8 Å². The minimum absolute atomic E-state index is 0.0745. The second-order valence-corrected chi connectivity index (χ2v) is 6.08. The minimum Gasteiger partial charge on any atom is -0.491 e. The molecular formula is C18H24N4O5.